The second-order valence-corrected chi connectivity index (χ2v) is 7.87. The van der Waals surface area contributed by atoms with Gasteiger partial charge in [-0.3, -0.25) is 0 Å². The highest BCUT2D eigenvalue weighted by atomic mass is 79.9. The van der Waals surface area contributed by atoms with Crippen LogP contribution in [-0.4, -0.2) is 38.5 Å². The predicted octanol–water partition coefficient (Wildman–Crippen LogP) is 2.02. The van der Waals surface area contributed by atoms with Gasteiger partial charge in [0.25, 0.3) is 0 Å². The summed E-state index contributed by atoms with van der Waals surface area (Å²) in [6, 6.07) is 3.44. The molecule has 118 valence electrons. The van der Waals surface area contributed by atoms with Crippen LogP contribution in [0.15, 0.2) is 21.5 Å². The first-order valence-corrected chi connectivity index (χ1v) is 9.23. The largest absolute Gasteiger partial charge is 0.378 e. The van der Waals surface area contributed by atoms with Crippen LogP contribution in [0.5, 0.6) is 0 Å². The molecule has 0 saturated carbocycles. The van der Waals surface area contributed by atoms with Gasteiger partial charge in [0.05, 0.1) is 18.1 Å². The lowest BCUT2D eigenvalue weighted by molar-refractivity contribution is 0.0314. The van der Waals surface area contributed by atoms with E-state index >= 15 is 0 Å². The molecule has 1 unspecified atom stereocenters. The van der Waals surface area contributed by atoms with Gasteiger partial charge in [0.15, 0.2) is 0 Å². The average molecular weight is 377 g/mol. The molecule has 2 N–H and O–H groups in total. The fraction of sp³-hybridized carbons (Fsp3) is 0.571. The Morgan fingerprint density at radius 1 is 1.48 bits per heavy atom. The highest BCUT2D eigenvalue weighted by Gasteiger charge is 2.34. The lowest BCUT2D eigenvalue weighted by atomic mass is 10.1. The molecule has 7 heteroatoms. The van der Waals surface area contributed by atoms with E-state index in [2.05, 4.69) is 15.9 Å². The van der Waals surface area contributed by atoms with Crippen LogP contribution in [0.4, 0.5) is 0 Å². The zero-order chi connectivity index (χ0) is 15.6. The predicted molar refractivity (Wildman–Crippen MR) is 85.6 cm³/mol. The normalized spacial score (nSPS) is 20.7. The van der Waals surface area contributed by atoms with Crippen molar-refractivity contribution >= 4 is 26.0 Å². The molecule has 5 nitrogen and oxygen atoms in total. The fourth-order valence-corrected chi connectivity index (χ4v) is 5.10. The number of nitrogens with two attached hydrogens (primary N) is 1. The molecule has 1 aliphatic rings. The second-order valence-electron chi connectivity index (χ2n) is 5.16. The van der Waals surface area contributed by atoms with Crippen LogP contribution >= 0.6 is 15.9 Å². The van der Waals surface area contributed by atoms with E-state index in [1.165, 1.54) is 0 Å². The molecule has 1 saturated heterocycles. The van der Waals surface area contributed by atoms with E-state index in [9.17, 15) is 8.42 Å². The number of hydrogen-bond donors (Lipinski definition) is 1. The summed E-state index contributed by atoms with van der Waals surface area (Å²) >= 11 is 3.42. The monoisotopic (exact) mass is 376 g/mol. The number of hydrogen-bond acceptors (Lipinski definition) is 4. The molecule has 0 aliphatic carbocycles. The number of halogens is 1. The molecule has 1 aromatic rings. The molecule has 0 bridgehead atoms. The Bertz CT molecular complexity index is 619. The van der Waals surface area contributed by atoms with Crippen LogP contribution in [0.25, 0.3) is 0 Å². The zero-order valence-electron chi connectivity index (χ0n) is 12.3. The first-order chi connectivity index (χ1) is 9.91. The highest BCUT2D eigenvalue weighted by Crippen LogP contribution is 2.30. The van der Waals surface area contributed by atoms with Crippen LogP contribution < -0.4 is 5.73 Å². The van der Waals surface area contributed by atoms with Crippen molar-refractivity contribution in [3.63, 3.8) is 0 Å². The van der Waals surface area contributed by atoms with Gasteiger partial charge in [0.1, 0.15) is 0 Å². The highest BCUT2D eigenvalue weighted by molar-refractivity contribution is 9.10. The van der Waals surface area contributed by atoms with Gasteiger partial charge in [-0.15, -0.1) is 0 Å². The number of sulfonamides is 1. The summed E-state index contributed by atoms with van der Waals surface area (Å²) in [5, 5.41) is 0. The van der Waals surface area contributed by atoms with Gasteiger partial charge in [0, 0.05) is 23.6 Å². The van der Waals surface area contributed by atoms with Crippen LogP contribution in [0, 0.1) is 6.92 Å². The Morgan fingerprint density at radius 2 is 2.19 bits per heavy atom. The third kappa shape index (κ3) is 3.32. The summed E-state index contributed by atoms with van der Waals surface area (Å²) in [6.07, 6.45) is 0.732. The summed E-state index contributed by atoms with van der Waals surface area (Å²) in [5.41, 5.74) is 7.18. The molecule has 0 radical (unpaired) electrons. The maximum Gasteiger partial charge on any atom is 0.243 e. The van der Waals surface area contributed by atoms with E-state index in [4.69, 9.17) is 10.5 Å². The van der Waals surface area contributed by atoms with Gasteiger partial charge >= 0.3 is 0 Å². The minimum Gasteiger partial charge on any atom is -0.378 e. The Labute approximate surface area is 134 Å². The topological polar surface area (TPSA) is 72.6 Å². The third-order valence-electron chi connectivity index (χ3n) is 3.82. The molecular formula is C14H21BrN2O3S. The van der Waals surface area contributed by atoms with Gasteiger partial charge in [-0.1, -0.05) is 22.9 Å². The molecule has 0 amide bonds. The van der Waals surface area contributed by atoms with Crippen LogP contribution in [0.1, 0.15) is 24.5 Å². The van der Waals surface area contributed by atoms with E-state index in [0.29, 0.717) is 36.8 Å². The maximum absolute atomic E-state index is 13.0. The summed E-state index contributed by atoms with van der Waals surface area (Å²) in [7, 11) is -3.54. The maximum atomic E-state index is 13.0. The molecule has 1 atom stereocenters. The zero-order valence-corrected chi connectivity index (χ0v) is 14.7. The van der Waals surface area contributed by atoms with Crippen molar-refractivity contribution in [1.29, 1.82) is 0 Å². The minimum absolute atomic E-state index is 0.108. The van der Waals surface area contributed by atoms with Crippen molar-refractivity contribution in [1.82, 2.24) is 4.31 Å². The van der Waals surface area contributed by atoms with Crippen molar-refractivity contribution in [3.05, 3.63) is 27.7 Å². The van der Waals surface area contributed by atoms with Crippen LogP contribution in [0.3, 0.4) is 0 Å². The smallest absolute Gasteiger partial charge is 0.243 e. The summed E-state index contributed by atoms with van der Waals surface area (Å²) < 4.78 is 33.7. The number of nitrogens with zero attached hydrogens (tertiary/aromatic N) is 1. The summed E-state index contributed by atoms with van der Waals surface area (Å²) in [6.45, 7) is 5.37. The van der Waals surface area contributed by atoms with Crippen molar-refractivity contribution < 1.29 is 13.2 Å². The van der Waals surface area contributed by atoms with Crippen molar-refractivity contribution in [2.45, 2.75) is 37.8 Å². The third-order valence-corrected chi connectivity index (χ3v) is 6.73. The van der Waals surface area contributed by atoms with E-state index in [-0.39, 0.29) is 6.04 Å². The molecule has 1 fully saturated rings. The summed E-state index contributed by atoms with van der Waals surface area (Å²) in [4.78, 5) is 0.331. The van der Waals surface area contributed by atoms with E-state index in [1.807, 2.05) is 13.0 Å². The molecule has 1 heterocycles. The van der Waals surface area contributed by atoms with Crippen molar-refractivity contribution in [3.8, 4) is 0 Å². The standard InChI is InChI=1S/C14H21BrN2O3S/c1-3-12-9-20-5-4-17(12)21(18,19)14-7-11(8-16)6-13(15)10(14)2/h6-7,12H,3-5,8-9,16H2,1-2H3. The number of ether oxygens (including phenoxy) is 1. The molecule has 0 aromatic heterocycles. The molecular weight excluding hydrogens is 356 g/mol. The van der Waals surface area contributed by atoms with Crippen molar-refractivity contribution in [2.75, 3.05) is 19.8 Å². The SMILES string of the molecule is CCC1COCCN1S(=O)(=O)c1cc(CN)cc(Br)c1C. The summed E-state index contributed by atoms with van der Waals surface area (Å²) in [5.74, 6) is 0. The van der Waals surface area contributed by atoms with Gasteiger partial charge < -0.3 is 10.5 Å². The Morgan fingerprint density at radius 3 is 2.81 bits per heavy atom. The molecule has 0 spiro atoms. The minimum atomic E-state index is -3.54. The Balaban J connectivity index is 2.50. The lowest BCUT2D eigenvalue weighted by Gasteiger charge is -2.34. The molecule has 1 aromatic carbocycles. The van der Waals surface area contributed by atoms with E-state index < -0.39 is 10.0 Å². The molecule has 1 aliphatic heterocycles. The second kappa shape index (κ2) is 6.75. The quantitative estimate of drug-likeness (QED) is 0.872. The van der Waals surface area contributed by atoms with E-state index in [0.717, 1.165) is 16.5 Å². The number of benzene rings is 1. The first kappa shape index (κ1) is 16.9. The van der Waals surface area contributed by atoms with Crippen LogP contribution in [-0.2, 0) is 21.3 Å². The van der Waals surface area contributed by atoms with Gasteiger partial charge in [-0.05, 0) is 36.6 Å². The van der Waals surface area contributed by atoms with E-state index in [1.54, 1.807) is 17.3 Å². The van der Waals surface area contributed by atoms with Gasteiger partial charge in [0.2, 0.25) is 10.0 Å². The first-order valence-electron chi connectivity index (χ1n) is 7.00. The fourth-order valence-electron chi connectivity index (χ4n) is 2.50. The van der Waals surface area contributed by atoms with Gasteiger partial charge in [-0.2, -0.15) is 4.31 Å². The molecule has 21 heavy (non-hydrogen) atoms. The molecule has 2 rings (SSSR count). The van der Waals surface area contributed by atoms with Crippen molar-refractivity contribution in [2.24, 2.45) is 5.73 Å². The number of morpholine rings is 1. The van der Waals surface area contributed by atoms with Crippen LogP contribution in [0.2, 0.25) is 0 Å². The Hall–Kier alpha value is -0.470. The lowest BCUT2D eigenvalue weighted by Crippen LogP contribution is -2.48. The number of rotatable bonds is 4. The average Bonchev–Trinajstić information content (AvgIpc) is 2.49. The Kier molecular flexibility index (Phi) is 5.43. The van der Waals surface area contributed by atoms with Gasteiger partial charge in [-0.25, -0.2) is 8.42 Å².